The van der Waals surface area contributed by atoms with Gasteiger partial charge in [-0.2, -0.15) is 0 Å². The van der Waals surface area contributed by atoms with Crippen LogP contribution in [0, 0.1) is 5.82 Å². The molecule has 1 heterocycles. The topological polar surface area (TPSA) is 84.8 Å². The standard InChI is InChI=1S/C27H30FN3O4/c1-3-34-21-9-7-18(8-10-21)26-29-17-24(28)27(30-26)31(2)13-4-14-35-22-11-12-23-19(15-22)5-6-20(23)16-25(32)33/h7-12,15,17,20H,3-6,13-14,16H2,1-2H3,(H,32,33)/t20-/m0/s1. The Labute approximate surface area is 204 Å². The van der Waals surface area contributed by atoms with Gasteiger partial charge in [0, 0.05) is 19.2 Å². The zero-order chi connectivity index (χ0) is 24.8. The quantitative estimate of drug-likeness (QED) is 0.384. The van der Waals surface area contributed by atoms with Gasteiger partial charge in [0.15, 0.2) is 17.5 Å². The number of fused-ring (bicyclic) bond motifs is 1. The van der Waals surface area contributed by atoms with Gasteiger partial charge in [0.2, 0.25) is 0 Å². The molecule has 2 aromatic carbocycles. The highest BCUT2D eigenvalue weighted by Crippen LogP contribution is 2.37. The van der Waals surface area contributed by atoms with E-state index in [-0.39, 0.29) is 18.2 Å². The highest BCUT2D eigenvalue weighted by Gasteiger charge is 2.24. The molecule has 35 heavy (non-hydrogen) atoms. The van der Waals surface area contributed by atoms with Crippen LogP contribution < -0.4 is 14.4 Å². The van der Waals surface area contributed by atoms with Gasteiger partial charge >= 0.3 is 5.97 Å². The molecule has 184 valence electrons. The highest BCUT2D eigenvalue weighted by molar-refractivity contribution is 5.68. The Kier molecular flexibility index (Phi) is 7.80. The lowest BCUT2D eigenvalue weighted by Gasteiger charge is -2.19. The van der Waals surface area contributed by atoms with E-state index in [9.17, 15) is 9.18 Å². The predicted octanol–water partition coefficient (Wildman–Crippen LogP) is 5.09. The third-order valence-corrected chi connectivity index (χ3v) is 6.15. The SMILES string of the molecule is CCOc1ccc(-c2ncc(F)c(N(C)CCCOc3ccc4c(c3)CC[C@H]4CC(=O)O)n2)cc1. The van der Waals surface area contributed by atoms with E-state index in [1.165, 1.54) is 6.20 Å². The van der Waals surface area contributed by atoms with Gasteiger partial charge in [-0.05, 0) is 79.6 Å². The lowest BCUT2D eigenvalue weighted by molar-refractivity contribution is -0.137. The summed E-state index contributed by atoms with van der Waals surface area (Å²) in [6.07, 6.45) is 3.77. The molecule has 0 aliphatic heterocycles. The van der Waals surface area contributed by atoms with Crippen LogP contribution in [0.5, 0.6) is 11.5 Å². The number of aliphatic carboxylic acids is 1. The normalized spacial score (nSPS) is 14.4. The number of hydrogen-bond donors (Lipinski definition) is 1. The Hall–Kier alpha value is -3.68. The second-order valence-corrected chi connectivity index (χ2v) is 8.64. The van der Waals surface area contributed by atoms with Gasteiger partial charge in [-0.15, -0.1) is 0 Å². The summed E-state index contributed by atoms with van der Waals surface area (Å²) in [6, 6.07) is 13.3. The summed E-state index contributed by atoms with van der Waals surface area (Å²) >= 11 is 0. The minimum atomic E-state index is -0.765. The number of aryl methyl sites for hydroxylation is 1. The monoisotopic (exact) mass is 479 g/mol. The van der Waals surface area contributed by atoms with Crippen LogP contribution >= 0.6 is 0 Å². The number of carboxylic acids is 1. The molecule has 0 unspecified atom stereocenters. The van der Waals surface area contributed by atoms with Crippen molar-refractivity contribution in [3.63, 3.8) is 0 Å². The Morgan fingerprint density at radius 1 is 1.17 bits per heavy atom. The van der Waals surface area contributed by atoms with Crippen LogP contribution in [-0.2, 0) is 11.2 Å². The Morgan fingerprint density at radius 3 is 2.69 bits per heavy atom. The minimum Gasteiger partial charge on any atom is -0.494 e. The van der Waals surface area contributed by atoms with E-state index in [4.69, 9.17) is 14.6 Å². The molecule has 7 nitrogen and oxygen atoms in total. The van der Waals surface area contributed by atoms with Crippen molar-refractivity contribution in [3.05, 3.63) is 65.6 Å². The highest BCUT2D eigenvalue weighted by atomic mass is 19.1. The first-order valence-corrected chi connectivity index (χ1v) is 11.9. The molecular formula is C27H30FN3O4. The van der Waals surface area contributed by atoms with E-state index in [0.29, 0.717) is 32.0 Å². The molecule has 4 rings (SSSR count). The third kappa shape index (κ3) is 6.07. The van der Waals surface area contributed by atoms with Crippen LogP contribution in [0.3, 0.4) is 0 Å². The van der Waals surface area contributed by atoms with Crippen molar-refractivity contribution in [2.45, 2.75) is 38.5 Å². The molecule has 0 spiro atoms. The van der Waals surface area contributed by atoms with Crippen LogP contribution in [0.25, 0.3) is 11.4 Å². The molecule has 8 heteroatoms. The van der Waals surface area contributed by atoms with Crippen LogP contribution in [0.1, 0.15) is 43.2 Å². The second kappa shape index (κ2) is 11.2. The zero-order valence-electron chi connectivity index (χ0n) is 20.0. The number of aromatic nitrogens is 2. The zero-order valence-corrected chi connectivity index (χ0v) is 20.0. The summed E-state index contributed by atoms with van der Waals surface area (Å²) < 4.78 is 25.8. The van der Waals surface area contributed by atoms with E-state index >= 15 is 0 Å². The fraction of sp³-hybridized carbons (Fsp3) is 0.370. The first-order valence-electron chi connectivity index (χ1n) is 11.9. The van der Waals surface area contributed by atoms with Crippen molar-refractivity contribution in [3.8, 4) is 22.9 Å². The molecule has 0 amide bonds. The van der Waals surface area contributed by atoms with Crippen LogP contribution in [-0.4, -0.2) is 47.8 Å². The molecule has 0 bridgehead atoms. The summed E-state index contributed by atoms with van der Waals surface area (Å²) in [5.74, 6) is 1.07. The number of benzene rings is 2. The van der Waals surface area contributed by atoms with Crippen LogP contribution in [0.15, 0.2) is 48.7 Å². The smallest absolute Gasteiger partial charge is 0.303 e. The number of anilines is 1. The van der Waals surface area contributed by atoms with Crippen molar-refractivity contribution < 1.29 is 23.8 Å². The van der Waals surface area contributed by atoms with E-state index in [2.05, 4.69) is 9.97 Å². The van der Waals surface area contributed by atoms with E-state index in [1.54, 1.807) is 11.9 Å². The van der Waals surface area contributed by atoms with E-state index in [0.717, 1.165) is 41.0 Å². The Balaban J connectivity index is 1.31. The number of rotatable bonds is 11. The average molecular weight is 480 g/mol. The molecule has 0 fully saturated rings. The van der Waals surface area contributed by atoms with Crippen LogP contribution in [0.2, 0.25) is 0 Å². The number of halogens is 1. The van der Waals surface area contributed by atoms with E-state index < -0.39 is 11.8 Å². The average Bonchev–Trinajstić information content (AvgIpc) is 3.24. The molecule has 3 aromatic rings. The van der Waals surface area contributed by atoms with Crippen molar-refractivity contribution >= 4 is 11.8 Å². The van der Waals surface area contributed by atoms with E-state index in [1.807, 2.05) is 49.4 Å². The van der Waals surface area contributed by atoms with Gasteiger partial charge in [0.25, 0.3) is 0 Å². The molecule has 0 saturated heterocycles. The summed E-state index contributed by atoms with van der Waals surface area (Å²) in [6.45, 7) is 3.54. The van der Waals surface area contributed by atoms with Gasteiger partial charge in [-0.3, -0.25) is 4.79 Å². The lowest BCUT2D eigenvalue weighted by Crippen LogP contribution is -2.23. The molecule has 0 saturated carbocycles. The molecule has 1 atom stereocenters. The Bertz CT molecular complexity index is 1170. The molecule has 1 aliphatic rings. The van der Waals surface area contributed by atoms with Crippen molar-refractivity contribution in [2.75, 3.05) is 31.7 Å². The van der Waals surface area contributed by atoms with Crippen LogP contribution in [0.4, 0.5) is 10.2 Å². The predicted molar refractivity (Wildman–Crippen MR) is 132 cm³/mol. The molecule has 1 N–H and O–H groups in total. The number of hydrogen-bond acceptors (Lipinski definition) is 6. The summed E-state index contributed by atoms with van der Waals surface area (Å²) in [4.78, 5) is 21.4. The Morgan fingerprint density at radius 2 is 1.94 bits per heavy atom. The largest absolute Gasteiger partial charge is 0.494 e. The van der Waals surface area contributed by atoms with Crippen molar-refractivity contribution in [1.82, 2.24) is 9.97 Å². The first kappa shape index (κ1) is 24.4. The van der Waals surface area contributed by atoms with Crippen molar-refractivity contribution in [2.24, 2.45) is 0 Å². The maximum atomic E-state index is 14.5. The third-order valence-electron chi connectivity index (χ3n) is 6.15. The first-order chi connectivity index (χ1) is 16.9. The fourth-order valence-corrected chi connectivity index (χ4v) is 4.42. The van der Waals surface area contributed by atoms with Gasteiger partial charge in [-0.25, -0.2) is 14.4 Å². The second-order valence-electron chi connectivity index (χ2n) is 8.64. The summed E-state index contributed by atoms with van der Waals surface area (Å²) in [5.41, 5.74) is 3.06. The maximum absolute atomic E-state index is 14.5. The summed E-state index contributed by atoms with van der Waals surface area (Å²) in [5, 5.41) is 9.08. The number of carbonyl (C=O) groups is 1. The van der Waals surface area contributed by atoms with Gasteiger partial charge < -0.3 is 19.5 Å². The molecule has 1 aromatic heterocycles. The van der Waals surface area contributed by atoms with Gasteiger partial charge in [0.05, 0.1) is 25.8 Å². The lowest BCUT2D eigenvalue weighted by atomic mass is 9.98. The van der Waals surface area contributed by atoms with Crippen molar-refractivity contribution in [1.29, 1.82) is 0 Å². The molecular weight excluding hydrogens is 449 g/mol. The minimum absolute atomic E-state index is 0.0838. The van der Waals surface area contributed by atoms with Gasteiger partial charge in [0.1, 0.15) is 11.5 Å². The molecule has 0 radical (unpaired) electrons. The number of ether oxygens (including phenoxy) is 2. The maximum Gasteiger partial charge on any atom is 0.303 e. The van der Waals surface area contributed by atoms with Gasteiger partial charge in [-0.1, -0.05) is 6.07 Å². The summed E-state index contributed by atoms with van der Waals surface area (Å²) in [7, 11) is 1.80. The molecule has 1 aliphatic carbocycles. The number of nitrogens with zero attached hydrogens (tertiary/aromatic N) is 3. The fourth-order valence-electron chi connectivity index (χ4n) is 4.42. The number of carboxylic acid groups (broad SMARTS) is 1.